The molecule has 0 saturated heterocycles. The van der Waals surface area contributed by atoms with E-state index in [0.29, 0.717) is 19.4 Å². The van der Waals surface area contributed by atoms with Crippen LogP contribution in [0.25, 0.3) is 0 Å². The summed E-state index contributed by atoms with van der Waals surface area (Å²) in [6, 6.07) is 25.3. The van der Waals surface area contributed by atoms with Crippen molar-refractivity contribution in [3.8, 4) is 0 Å². The topological polar surface area (TPSA) is 41.9 Å². The standard InChI is InChI=1S/C25H31NO3P/c1-5-28-30(27,29-6-2)19-22-11-17-25(18-12-22)26(23-13-7-20(3)8-14-23)24-15-9-21(4)10-16-24/h7-18,27H,5-6,19H2,1-4H3/q+1. The highest BCUT2D eigenvalue weighted by Gasteiger charge is 2.40. The smallest absolute Gasteiger partial charge is 0.311 e. The summed E-state index contributed by atoms with van der Waals surface area (Å²) >= 11 is 0. The Morgan fingerprint density at radius 3 is 1.40 bits per heavy atom. The summed E-state index contributed by atoms with van der Waals surface area (Å²) in [5.74, 6) is 0. The minimum Gasteiger partial charge on any atom is -0.311 e. The summed E-state index contributed by atoms with van der Waals surface area (Å²) in [6.45, 7) is 8.78. The van der Waals surface area contributed by atoms with E-state index in [9.17, 15) is 4.89 Å². The highest BCUT2D eigenvalue weighted by molar-refractivity contribution is 7.59. The van der Waals surface area contributed by atoms with E-state index in [1.807, 2.05) is 26.0 Å². The van der Waals surface area contributed by atoms with Crippen molar-refractivity contribution in [1.82, 2.24) is 0 Å². The van der Waals surface area contributed by atoms with E-state index >= 15 is 0 Å². The number of aryl methyl sites for hydroxylation is 2. The molecule has 0 spiro atoms. The fourth-order valence-corrected chi connectivity index (χ4v) is 5.08. The first kappa shape index (κ1) is 22.5. The number of anilines is 3. The Labute approximate surface area is 180 Å². The monoisotopic (exact) mass is 424 g/mol. The van der Waals surface area contributed by atoms with Crippen molar-refractivity contribution in [3.63, 3.8) is 0 Å². The molecule has 3 rings (SSSR count). The maximum Gasteiger partial charge on any atom is 0.413 e. The Kier molecular flexibility index (Phi) is 7.63. The third-order valence-corrected chi connectivity index (χ3v) is 6.91. The molecule has 5 heteroatoms. The van der Waals surface area contributed by atoms with Crippen molar-refractivity contribution < 1.29 is 13.9 Å². The molecule has 0 fully saturated rings. The molecule has 0 aliphatic rings. The Morgan fingerprint density at radius 2 is 1.03 bits per heavy atom. The maximum atomic E-state index is 10.7. The molecule has 1 N–H and O–H groups in total. The molecule has 0 amide bonds. The molecule has 0 radical (unpaired) electrons. The van der Waals surface area contributed by atoms with E-state index < -0.39 is 7.94 Å². The number of hydrogen-bond donors (Lipinski definition) is 1. The molecule has 3 aromatic carbocycles. The number of nitrogens with zero attached hydrogens (tertiary/aromatic N) is 1. The summed E-state index contributed by atoms with van der Waals surface area (Å²) in [6.07, 6.45) is 0.379. The van der Waals surface area contributed by atoms with E-state index in [4.69, 9.17) is 9.05 Å². The van der Waals surface area contributed by atoms with E-state index in [2.05, 4.69) is 79.4 Å². The lowest BCUT2D eigenvalue weighted by Gasteiger charge is -2.26. The van der Waals surface area contributed by atoms with Gasteiger partial charge in [0.25, 0.3) is 0 Å². The molecule has 0 bridgehead atoms. The molecule has 3 aromatic rings. The summed E-state index contributed by atoms with van der Waals surface area (Å²) < 4.78 is 11.1. The van der Waals surface area contributed by atoms with Crippen LogP contribution in [0.2, 0.25) is 0 Å². The number of benzene rings is 3. The SMILES string of the molecule is CCO[P+](O)(Cc1ccc(N(c2ccc(C)cc2)c2ccc(C)cc2)cc1)OCC. The first-order chi connectivity index (χ1) is 14.4. The maximum absolute atomic E-state index is 10.7. The molecule has 4 nitrogen and oxygen atoms in total. The van der Waals surface area contributed by atoms with Gasteiger partial charge in [0.05, 0.1) is 13.2 Å². The van der Waals surface area contributed by atoms with E-state index in [1.165, 1.54) is 11.1 Å². The molecule has 0 saturated carbocycles. The zero-order valence-electron chi connectivity index (χ0n) is 18.2. The van der Waals surface area contributed by atoms with Gasteiger partial charge in [0.15, 0.2) is 6.16 Å². The first-order valence-electron chi connectivity index (χ1n) is 10.4. The van der Waals surface area contributed by atoms with Crippen molar-refractivity contribution in [2.24, 2.45) is 0 Å². The molecule has 0 aromatic heterocycles. The highest BCUT2D eigenvalue weighted by Crippen LogP contribution is 2.59. The van der Waals surface area contributed by atoms with Gasteiger partial charge in [-0.25, -0.2) is 0 Å². The van der Waals surface area contributed by atoms with Crippen molar-refractivity contribution in [2.45, 2.75) is 33.9 Å². The van der Waals surface area contributed by atoms with Crippen LogP contribution in [0.15, 0.2) is 72.8 Å². The van der Waals surface area contributed by atoms with Crippen LogP contribution in [0.4, 0.5) is 17.1 Å². The van der Waals surface area contributed by atoms with Crippen LogP contribution in [0.3, 0.4) is 0 Å². The van der Waals surface area contributed by atoms with Crippen LogP contribution in [0, 0.1) is 13.8 Å². The number of hydrogen-bond acceptors (Lipinski definition) is 4. The Hall–Kier alpha value is -2.23. The molecule has 158 valence electrons. The molecular formula is C25H31NO3P+. The van der Waals surface area contributed by atoms with Gasteiger partial charge in [-0.15, -0.1) is 0 Å². The molecule has 0 aliphatic heterocycles. The predicted octanol–water partition coefficient (Wildman–Crippen LogP) is 7.10. The molecule has 0 unspecified atom stereocenters. The average Bonchev–Trinajstić information content (AvgIpc) is 2.72. The molecule has 0 heterocycles. The van der Waals surface area contributed by atoms with Gasteiger partial charge >= 0.3 is 7.94 Å². The van der Waals surface area contributed by atoms with E-state index in [-0.39, 0.29) is 0 Å². The van der Waals surface area contributed by atoms with Crippen LogP contribution >= 0.6 is 7.94 Å². The number of rotatable bonds is 9. The second-order valence-electron chi connectivity index (χ2n) is 7.30. The van der Waals surface area contributed by atoms with Crippen LogP contribution in [-0.2, 0) is 15.2 Å². The van der Waals surface area contributed by atoms with Gasteiger partial charge in [0, 0.05) is 17.1 Å². The summed E-state index contributed by atoms with van der Waals surface area (Å²) in [5, 5.41) is 0. The molecular weight excluding hydrogens is 393 g/mol. The van der Waals surface area contributed by atoms with Crippen LogP contribution in [0.1, 0.15) is 30.5 Å². The van der Waals surface area contributed by atoms with Crippen LogP contribution in [0.5, 0.6) is 0 Å². The fourth-order valence-electron chi connectivity index (χ4n) is 3.35. The van der Waals surface area contributed by atoms with Gasteiger partial charge in [0.2, 0.25) is 0 Å². The summed E-state index contributed by atoms with van der Waals surface area (Å²) in [7, 11) is -2.87. The molecule has 0 aliphatic carbocycles. The van der Waals surface area contributed by atoms with Crippen molar-refractivity contribution >= 4 is 25.0 Å². The lowest BCUT2D eigenvalue weighted by molar-refractivity contribution is 0.188. The third-order valence-electron chi connectivity index (χ3n) is 4.82. The van der Waals surface area contributed by atoms with Gasteiger partial charge in [0.1, 0.15) is 0 Å². The minimum absolute atomic E-state index is 0.379. The van der Waals surface area contributed by atoms with Crippen molar-refractivity contribution in [1.29, 1.82) is 0 Å². The summed E-state index contributed by atoms with van der Waals surface area (Å²) in [5.41, 5.74) is 6.71. The fraction of sp³-hybridized carbons (Fsp3) is 0.280. The third kappa shape index (κ3) is 5.68. The normalized spacial score (nSPS) is 11.5. The summed E-state index contributed by atoms with van der Waals surface area (Å²) in [4.78, 5) is 12.9. The lowest BCUT2D eigenvalue weighted by atomic mass is 10.1. The van der Waals surface area contributed by atoms with Crippen LogP contribution in [-0.4, -0.2) is 18.1 Å². The largest absolute Gasteiger partial charge is 0.413 e. The average molecular weight is 425 g/mol. The van der Waals surface area contributed by atoms with Crippen molar-refractivity contribution in [2.75, 3.05) is 18.1 Å². The van der Waals surface area contributed by atoms with Gasteiger partial charge in [-0.1, -0.05) is 47.5 Å². The Morgan fingerprint density at radius 1 is 0.667 bits per heavy atom. The van der Waals surface area contributed by atoms with Gasteiger partial charge in [-0.3, -0.25) is 0 Å². The molecule has 0 atom stereocenters. The lowest BCUT2D eigenvalue weighted by Crippen LogP contribution is -2.10. The quantitative estimate of drug-likeness (QED) is 0.372. The highest BCUT2D eigenvalue weighted by atomic mass is 31.2. The zero-order valence-corrected chi connectivity index (χ0v) is 19.1. The first-order valence-corrected chi connectivity index (χ1v) is 12.1. The zero-order chi connectivity index (χ0) is 21.6. The van der Waals surface area contributed by atoms with Crippen molar-refractivity contribution in [3.05, 3.63) is 89.5 Å². The minimum atomic E-state index is -2.87. The second-order valence-corrected chi connectivity index (χ2v) is 9.41. The Balaban J connectivity index is 1.92. The van der Waals surface area contributed by atoms with Gasteiger partial charge in [-0.2, -0.15) is 13.9 Å². The molecule has 30 heavy (non-hydrogen) atoms. The van der Waals surface area contributed by atoms with E-state index in [1.54, 1.807) is 0 Å². The predicted molar refractivity (Wildman–Crippen MR) is 127 cm³/mol. The van der Waals surface area contributed by atoms with Gasteiger partial charge in [-0.05, 0) is 69.7 Å². The van der Waals surface area contributed by atoms with E-state index in [0.717, 1.165) is 22.6 Å². The Bertz CT molecular complexity index is 873. The second kappa shape index (κ2) is 10.2. The van der Waals surface area contributed by atoms with Gasteiger partial charge < -0.3 is 4.90 Å². The van der Waals surface area contributed by atoms with Crippen LogP contribution < -0.4 is 4.90 Å².